The van der Waals surface area contributed by atoms with Gasteiger partial charge >= 0.3 is 11.9 Å². The number of rotatable bonds is 9. The van der Waals surface area contributed by atoms with Crippen molar-refractivity contribution in [2.24, 2.45) is 11.8 Å². The Bertz CT molecular complexity index is 1060. The number of benzene rings is 1. The Morgan fingerprint density at radius 2 is 1.86 bits per heavy atom. The van der Waals surface area contributed by atoms with E-state index in [2.05, 4.69) is 5.32 Å². The van der Waals surface area contributed by atoms with Crippen molar-refractivity contribution in [3.8, 4) is 11.5 Å². The minimum Gasteiger partial charge on any atom is -0.497 e. The zero-order valence-electron chi connectivity index (χ0n) is 21.1. The fourth-order valence-corrected chi connectivity index (χ4v) is 4.73. The molecule has 3 rings (SSSR count). The highest BCUT2D eigenvalue weighted by Gasteiger charge is 2.47. The summed E-state index contributed by atoms with van der Waals surface area (Å²) in [6.45, 7) is 6.29. The first-order valence-electron chi connectivity index (χ1n) is 11.6. The second kappa shape index (κ2) is 11.4. The van der Waals surface area contributed by atoms with Crippen LogP contribution in [0, 0.1) is 11.8 Å². The number of allylic oxidation sites excluding steroid dienone is 3. The van der Waals surface area contributed by atoms with Gasteiger partial charge in [-0.3, -0.25) is 9.59 Å². The highest BCUT2D eigenvalue weighted by molar-refractivity contribution is 6.12. The molecular formula is C26H33NO8. The summed E-state index contributed by atoms with van der Waals surface area (Å²) in [7, 11) is 4.31. The van der Waals surface area contributed by atoms with Crippen molar-refractivity contribution >= 4 is 17.7 Å². The smallest absolute Gasteiger partial charge is 0.336 e. The van der Waals surface area contributed by atoms with Gasteiger partial charge in [-0.25, -0.2) is 4.79 Å². The number of ether oxygens (including phenoxy) is 5. The zero-order valence-corrected chi connectivity index (χ0v) is 21.1. The molecule has 9 heteroatoms. The molecule has 3 atom stereocenters. The number of carbonyl (C=O) groups excluding carboxylic acids is 3. The number of hydrogen-bond donors (Lipinski definition) is 1. The summed E-state index contributed by atoms with van der Waals surface area (Å²) in [5, 5.41) is 3.24. The number of carbonyl (C=O) groups is 3. The van der Waals surface area contributed by atoms with Gasteiger partial charge in [-0.05, 0) is 32.3 Å². The molecule has 0 radical (unpaired) electrons. The molecule has 35 heavy (non-hydrogen) atoms. The van der Waals surface area contributed by atoms with E-state index < -0.39 is 23.8 Å². The van der Waals surface area contributed by atoms with E-state index in [4.69, 9.17) is 23.7 Å². The minimum atomic E-state index is -0.971. The third kappa shape index (κ3) is 5.19. The number of esters is 2. The number of dihydropyridines is 1. The third-order valence-corrected chi connectivity index (χ3v) is 6.38. The van der Waals surface area contributed by atoms with Crippen LogP contribution in [-0.2, 0) is 28.6 Å². The summed E-state index contributed by atoms with van der Waals surface area (Å²) in [4.78, 5) is 39.7. The summed E-state index contributed by atoms with van der Waals surface area (Å²) >= 11 is 0. The first-order valence-corrected chi connectivity index (χ1v) is 11.6. The van der Waals surface area contributed by atoms with Crippen molar-refractivity contribution in [1.82, 2.24) is 5.32 Å². The highest BCUT2D eigenvalue weighted by Crippen LogP contribution is 2.48. The number of ketones is 1. The van der Waals surface area contributed by atoms with Gasteiger partial charge < -0.3 is 29.0 Å². The highest BCUT2D eigenvalue weighted by atomic mass is 16.6. The number of Topliss-reactive ketones (excluding diaryl/α,β-unsaturated/α-hetero) is 1. The van der Waals surface area contributed by atoms with Crippen molar-refractivity contribution < 1.29 is 38.1 Å². The van der Waals surface area contributed by atoms with E-state index >= 15 is 0 Å². The first-order chi connectivity index (χ1) is 16.8. The maximum absolute atomic E-state index is 13.8. The van der Waals surface area contributed by atoms with Gasteiger partial charge in [0, 0.05) is 35.2 Å². The van der Waals surface area contributed by atoms with Crippen molar-refractivity contribution in [3.05, 3.63) is 46.3 Å². The Morgan fingerprint density at radius 1 is 1.11 bits per heavy atom. The van der Waals surface area contributed by atoms with Crippen LogP contribution in [0.15, 0.2) is 40.7 Å². The van der Waals surface area contributed by atoms with Gasteiger partial charge in [0.1, 0.15) is 24.0 Å². The number of methoxy groups -OCH3 is 3. The number of hydrogen-bond acceptors (Lipinski definition) is 9. The van der Waals surface area contributed by atoms with E-state index in [1.165, 1.54) is 21.3 Å². The first kappa shape index (κ1) is 26.3. The maximum atomic E-state index is 13.8. The van der Waals surface area contributed by atoms with E-state index in [-0.39, 0.29) is 30.5 Å². The summed E-state index contributed by atoms with van der Waals surface area (Å²) in [6.07, 6.45) is 0.444. The van der Waals surface area contributed by atoms with Crippen LogP contribution in [0.1, 0.15) is 38.7 Å². The molecule has 0 bridgehead atoms. The average molecular weight is 488 g/mol. The monoisotopic (exact) mass is 487 g/mol. The molecule has 0 aromatic heterocycles. The van der Waals surface area contributed by atoms with Gasteiger partial charge in [0.15, 0.2) is 5.78 Å². The van der Waals surface area contributed by atoms with Gasteiger partial charge in [0.2, 0.25) is 0 Å². The van der Waals surface area contributed by atoms with Crippen LogP contribution in [0.4, 0.5) is 0 Å². The van der Waals surface area contributed by atoms with Gasteiger partial charge in [-0.15, -0.1) is 0 Å². The van der Waals surface area contributed by atoms with E-state index in [0.717, 1.165) is 0 Å². The molecule has 0 amide bonds. The molecule has 0 spiro atoms. The summed E-state index contributed by atoms with van der Waals surface area (Å²) in [5.74, 6) is -2.60. The fraction of sp³-hybridized carbons (Fsp3) is 0.500. The summed E-state index contributed by atoms with van der Waals surface area (Å²) in [6, 6.07) is 5.19. The molecular weight excluding hydrogens is 454 g/mol. The quantitative estimate of drug-likeness (QED) is 0.319. The van der Waals surface area contributed by atoms with Crippen LogP contribution in [-0.4, -0.2) is 58.9 Å². The normalized spacial score (nSPS) is 21.8. The van der Waals surface area contributed by atoms with Gasteiger partial charge in [0.05, 0.1) is 39.4 Å². The van der Waals surface area contributed by atoms with Crippen molar-refractivity contribution in [2.45, 2.75) is 33.1 Å². The molecule has 190 valence electrons. The Labute approximate surface area is 205 Å². The third-order valence-electron chi connectivity index (χ3n) is 6.38. The predicted octanol–water partition coefficient (Wildman–Crippen LogP) is 2.90. The van der Waals surface area contributed by atoms with Crippen LogP contribution in [0.5, 0.6) is 11.5 Å². The van der Waals surface area contributed by atoms with E-state index in [1.54, 1.807) is 25.1 Å². The van der Waals surface area contributed by atoms with Crippen LogP contribution in [0.25, 0.3) is 0 Å². The molecule has 1 aromatic rings. The molecule has 0 fully saturated rings. The fourth-order valence-electron chi connectivity index (χ4n) is 4.73. The van der Waals surface area contributed by atoms with Crippen LogP contribution in [0.2, 0.25) is 0 Å². The molecule has 0 saturated heterocycles. The van der Waals surface area contributed by atoms with E-state index in [1.807, 2.05) is 13.8 Å². The Hall–Kier alpha value is -3.33. The Morgan fingerprint density at radius 3 is 2.49 bits per heavy atom. The molecule has 0 saturated carbocycles. The SMILES string of the molecule is CCOCCOC(=O)C1=C(C)NC2=C(C(=O)[C@H](C(=O)OC)[C@@H](C)C2)[C@@H]1c1ccc(OC)cc1OC. The van der Waals surface area contributed by atoms with Gasteiger partial charge in [-0.2, -0.15) is 0 Å². The zero-order chi connectivity index (χ0) is 25.7. The average Bonchev–Trinajstić information content (AvgIpc) is 2.84. The molecule has 1 aromatic carbocycles. The lowest BCUT2D eigenvalue weighted by molar-refractivity contribution is -0.151. The molecule has 1 heterocycles. The van der Waals surface area contributed by atoms with Crippen molar-refractivity contribution in [2.75, 3.05) is 41.2 Å². The lowest BCUT2D eigenvalue weighted by atomic mass is 9.69. The Balaban J connectivity index is 2.15. The van der Waals surface area contributed by atoms with Gasteiger partial charge in [0.25, 0.3) is 0 Å². The van der Waals surface area contributed by atoms with E-state index in [0.29, 0.717) is 47.1 Å². The van der Waals surface area contributed by atoms with Crippen LogP contribution < -0.4 is 14.8 Å². The molecule has 0 unspecified atom stereocenters. The largest absolute Gasteiger partial charge is 0.497 e. The second-order valence-corrected chi connectivity index (χ2v) is 8.48. The van der Waals surface area contributed by atoms with Crippen LogP contribution in [0.3, 0.4) is 0 Å². The molecule has 9 nitrogen and oxygen atoms in total. The minimum absolute atomic E-state index is 0.0671. The summed E-state index contributed by atoms with van der Waals surface area (Å²) < 4.78 is 26.7. The predicted molar refractivity (Wildman–Crippen MR) is 127 cm³/mol. The lowest BCUT2D eigenvalue weighted by Gasteiger charge is -2.38. The van der Waals surface area contributed by atoms with Gasteiger partial charge in [-0.1, -0.05) is 13.0 Å². The lowest BCUT2D eigenvalue weighted by Crippen LogP contribution is -2.43. The molecule has 1 aliphatic heterocycles. The van der Waals surface area contributed by atoms with Crippen molar-refractivity contribution in [3.63, 3.8) is 0 Å². The Kier molecular flexibility index (Phi) is 8.56. The topological polar surface area (TPSA) is 109 Å². The molecule has 1 N–H and O–H groups in total. The molecule has 1 aliphatic carbocycles. The van der Waals surface area contributed by atoms with Crippen molar-refractivity contribution in [1.29, 1.82) is 0 Å². The summed E-state index contributed by atoms with van der Waals surface area (Å²) in [5.41, 5.74) is 2.45. The number of nitrogens with one attached hydrogen (secondary N) is 1. The van der Waals surface area contributed by atoms with Crippen LogP contribution >= 0.6 is 0 Å². The van der Waals surface area contributed by atoms with E-state index in [9.17, 15) is 14.4 Å². The molecule has 2 aliphatic rings. The standard InChI is InChI=1S/C26H33NO8/c1-7-34-10-11-35-26(30)21-15(3)27-18-12-14(2)20(25(29)33-6)24(28)23(18)22(21)17-9-8-16(31-4)13-19(17)32-5/h8-9,13-14,20,22,27H,7,10-12H2,1-6H3/t14-,20+,22+/m0/s1. The maximum Gasteiger partial charge on any atom is 0.336 e. The second-order valence-electron chi connectivity index (χ2n) is 8.48.